The van der Waals surface area contributed by atoms with Gasteiger partial charge < -0.3 is 15.7 Å². The maximum absolute atomic E-state index is 11.9. The number of carbonyl (C=O) groups is 1. The first-order valence-electron chi connectivity index (χ1n) is 5.83. The van der Waals surface area contributed by atoms with Gasteiger partial charge in [-0.05, 0) is 37.2 Å². The maximum atomic E-state index is 11.9. The summed E-state index contributed by atoms with van der Waals surface area (Å²) in [4.78, 5) is 13.8. The number of hydrogen-bond donors (Lipinski definition) is 2. The molecule has 0 aromatic heterocycles. The van der Waals surface area contributed by atoms with Crippen LogP contribution in [0.15, 0.2) is 0 Å². The molecule has 3 N–H and O–H groups in total. The molecule has 1 aliphatic rings. The van der Waals surface area contributed by atoms with Crippen molar-refractivity contribution in [1.82, 2.24) is 4.90 Å². The summed E-state index contributed by atoms with van der Waals surface area (Å²) in [6.07, 6.45) is 4.57. The Morgan fingerprint density at radius 1 is 1.69 bits per heavy atom. The number of aliphatic hydroxyl groups excluding tert-OH is 1. The van der Waals surface area contributed by atoms with Crippen molar-refractivity contribution in [3.05, 3.63) is 0 Å². The van der Waals surface area contributed by atoms with Crippen LogP contribution >= 0.6 is 11.8 Å². The fourth-order valence-electron chi connectivity index (χ4n) is 2.05. The first kappa shape index (κ1) is 13.8. The van der Waals surface area contributed by atoms with E-state index in [0.29, 0.717) is 5.92 Å². The van der Waals surface area contributed by atoms with Crippen molar-refractivity contribution in [3.63, 3.8) is 0 Å². The van der Waals surface area contributed by atoms with Gasteiger partial charge in [-0.3, -0.25) is 4.79 Å². The minimum atomic E-state index is -0.347. The van der Waals surface area contributed by atoms with E-state index in [-0.39, 0.29) is 18.6 Å². The minimum Gasteiger partial charge on any atom is -0.396 e. The van der Waals surface area contributed by atoms with Gasteiger partial charge in [0.05, 0.1) is 6.04 Å². The molecule has 5 heteroatoms. The molecule has 4 nitrogen and oxygen atoms in total. The number of carbonyl (C=O) groups excluding carboxylic acids is 1. The highest BCUT2D eigenvalue weighted by Crippen LogP contribution is 2.20. The average molecular weight is 246 g/mol. The number of amides is 1. The van der Waals surface area contributed by atoms with Crippen molar-refractivity contribution < 1.29 is 9.90 Å². The van der Waals surface area contributed by atoms with E-state index in [4.69, 9.17) is 10.8 Å². The van der Waals surface area contributed by atoms with Gasteiger partial charge in [-0.15, -0.1) is 0 Å². The molecule has 0 saturated carbocycles. The summed E-state index contributed by atoms with van der Waals surface area (Å²) in [5.41, 5.74) is 5.85. The first-order chi connectivity index (χ1) is 7.69. The molecule has 1 fully saturated rings. The van der Waals surface area contributed by atoms with E-state index in [0.717, 1.165) is 38.1 Å². The number of rotatable bonds is 6. The van der Waals surface area contributed by atoms with Crippen molar-refractivity contribution in [1.29, 1.82) is 0 Å². The van der Waals surface area contributed by atoms with Crippen molar-refractivity contribution >= 4 is 17.7 Å². The molecule has 1 saturated heterocycles. The third-order valence-corrected chi connectivity index (χ3v) is 3.73. The Labute approximate surface area is 102 Å². The highest BCUT2D eigenvalue weighted by molar-refractivity contribution is 7.98. The molecule has 0 aromatic carbocycles. The molecular weight excluding hydrogens is 224 g/mol. The highest BCUT2D eigenvalue weighted by Gasteiger charge is 2.28. The van der Waals surface area contributed by atoms with E-state index in [2.05, 4.69) is 0 Å². The Morgan fingerprint density at radius 3 is 3.06 bits per heavy atom. The van der Waals surface area contributed by atoms with Crippen molar-refractivity contribution in [3.8, 4) is 0 Å². The summed E-state index contributed by atoms with van der Waals surface area (Å²) >= 11 is 1.71. The van der Waals surface area contributed by atoms with Crippen molar-refractivity contribution in [2.45, 2.75) is 25.3 Å². The summed E-state index contributed by atoms with van der Waals surface area (Å²) in [5, 5.41) is 8.85. The highest BCUT2D eigenvalue weighted by atomic mass is 32.2. The van der Waals surface area contributed by atoms with E-state index in [1.54, 1.807) is 11.8 Å². The zero-order chi connectivity index (χ0) is 12.0. The van der Waals surface area contributed by atoms with Gasteiger partial charge in [0.2, 0.25) is 5.91 Å². The summed E-state index contributed by atoms with van der Waals surface area (Å²) in [7, 11) is 0. The van der Waals surface area contributed by atoms with E-state index in [9.17, 15) is 4.79 Å². The van der Waals surface area contributed by atoms with Crippen LogP contribution < -0.4 is 5.73 Å². The van der Waals surface area contributed by atoms with E-state index >= 15 is 0 Å². The third-order valence-electron chi connectivity index (χ3n) is 3.09. The molecule has 1 aliphatic heterocycles. The summed E-state index contributed by atoms with van der Waals surface area (Å²) in [6, 6.07) is -0.347. The van der Waals surface area contributed by atoms with Crippen LogP contribution in [-0.2, 0) is 4.79 Å². The largest absolute Gasteiger partial charge is 0.396 e. The Morgan fingerprint density at radius 2 is 2.44 bits per heavy atom. The Hall–Kier alpha value is -0.260. The topological polar surface area (TPSA) is 66.6 Å². The fourth-order valence-corrected chi connectivity index (χ4v) is 2.54. The van der Waals surface area contributed by atoms with Gasteiger partial charge >= 0.3 is 0 Å². The number of likely N-dealkylation sites (tertiary alicyclic amines) is 1. The van der Waals surface area contributed by atoms with Crippen LogP contribution in [0.4, 0.5) is 0 Å². The van der Waals surface area contributed by atoms with Crippen LogP contribution in [0, 0.1) is 5.92 Å². The Bertz CT molecular complexity index is 226. The summed E-state index contributed by atoms with van der Waals surface area (Å²) in [6.45, 7) is 1.79. The summed E-state index contributed by atoms with van der Waals surface area (Å²) < 4.78 is 0. The lowest BCUT2D eigenvalue weighted by Crippen LogP contribution is -2.43. The zero-order valence-electron chi connectivity index (χ0n) is 9.89. The van der Waals surface area contributed by atoms with Crippen LogP contribution in [-0.4, -0.2) is 53.7 Å². The second-order valence-electron chi connectivity index (χ2n) is 4.34. The molecule has 0 aromatic rings. The lowest BCUT2D eigenvalue weighted by atomic mass is 10.1. The molecular formula is C11H22N2O2S. The standard InChI is InChI=1S/C11H22N2O2S/c1-16-7-4-10(12)11(15)13-5-2-9(8-13)3-6-14/h9-10,14H,2-8,12H2,1H3/t9?,10-/m0/s1. The van der Waals surface area contributed by atoms with Gasteiger partial charge in [0, 0.05) is 19.7 Å². The molecule has 0 radical (unpaired) electrons. The van der Waals surface area contributed by atoms with Gasteiger partial charge in [0.1, 0.15) is 0 Å². The van der Waals surface area contributed by atoms with Gasteiger partial charge in [-0.25, -0.2) is 0 Å². The first-order valence-corrected chi connectivity index (χ1v) is 7.22. The van der Waals surface area contributed by atoms with Crippen LogP contribution in [0.25, 0.3) is 0 Å². The molecule has 0 aliphatic carbocycles. The van der Waals surface area contributed by atoms with Crippen LogP contribution in [0.2, 0.25) is 0 Å². The SMILES string of the molecule is CSCC[C@H](N)C(=O)N1CCC(CCO)C1. The van der Waals surface area contributed by atoms with Crippen LogP contribution in [0.1, 0.15) is 19.3 Å². The molecule has 1 unspecified atom stereocenters. The second-order valence-corrected chi connectivity index (χ2v) is 5.32. The van der Waals surface area contributed by atoms with Gasteiger partial charge in [-0.2, -0.15) is 11.8 Å². The number of nitrogens with two attached hydrogens (primary N) is 1. The Balaban J connectivity index is 2.32. The molecule has 94 valence electrons. The van der Waals surface area contributed by atoms with Gasteiger partial charge in [0.15, 0.2) is 0 Å². The molecule has 0 bridgehead atoms. The van der Waals surface area contributed by atoms with Crippen LogP contribution in [0.3, 0.4) is 0 Å². The maximum Gasteiger partial charge on any atom is 0.239 e. The monoisotopic (exact) mass is 246 g/mol. The summed E-state index contributed by atoms with van der Waals surface area (Å²) in [5.74, 6) is 1.47. The normalized spacial score (nSPS) is 22.4. The lowest BCUT2D eigenvalue weighted by molar-refractivity contribution is -0.131. The molecule has 1 heterocycles. The fraction of sp³-hybridized carbons (Fsp3) is 0.909. The molecule has 1 amide bonds. The average Bonchev–Trinajstić information content (AvgIpc) is 2.74. The van der Waals surface area contributed by atoms with Gasteiger partial charge in [-0.1, -0.05) is 0 Å². The third kappa shape index (κ3) is 3.96. The number of aliphatic hydroxyl groups is 1. The number of hydrogen-bond acceptors (Lipinski definition) is 4. The van der Waals surface area contributed by atoms with Gasteiger partial charge in [0.25, 0.3) is 0 Å². The lowest BCUT2D eigenvalue weighted by Gasteiger charge is -2.20. The Kier molecular flexibility index (Phi) is 6.16. The number of nitrogens with zero attached hydrogens (tertiary/aromatic N) is 1. The second kappa shape index (κ2) is 7.14. The zero-order valence-corrected chi connectivity index (χ0v) is 10.7. The van der Waals surface area contributed by atoms with Crippen molar-refractivity contribution in [2.24, 2.45) is 11.7 Å². The molecule has 1 rings (SSSR count). The van der Waals surface area contributed by atoms with E-state index in [1.807, 2.05) is 11.2 Å². The molecule has 0 spiro atoms. The molecule has 2 atom stereocenters. The smallest absolute Gasteiger partial charge is 0.239 e. The quantitative estimate of drug-likeness (QED) is 0.707. The number of thioether (sulfide) groups is 1. The predicted octanol–water partition coefficient (Wildman–Crippen LogP) is 0.298. The van der Waals surface area contributed by atoms with E-state index < -0.39 is 0 Å². The molecule has 16 heavy (non-hydrogen) atoms. The van der Waals surface area contributed by atoms with Crippen molar-refractivity contribution in [2.75, 3.05) is 31.7 Å². The van der Waals surface area contributed by atoms with Crippen LogP contribution in [0.5, 0.6) is 0 Å². The minimum absolute atomic E-state index is 0.0782. The van der Waals surface area contributed by atoms with E-state index in [1.165, 1.54) is 0 Å². The predicted molar refractivity (Wildman–Crippen MR) is 67.4 cm³/mol.